The number of nitrogens with zero attached hydrogens (tertiary/aromatic N) is 2. The van der Waals surface area contributed by atoms with Crippen molar-refractivity contribution in [2.75, 3.05) is 0 Å². The maximum Gasteiger partial charge on any atom is 0.335 e. The van der Waals surface area contributed by atoms with E-state index in [4.69, 9.17) is 5.11 Å². The molecule has 0 saturated carbocycles. The van der Waals surface area contributed by atoms with Crippen LogP contribution in [0.15, 0.2) is 41.2 Å². The first-order valence-electron chi connectivity index (χ1n) is 4.96. The molecule has 86 valence electrons. The van der Waals surface area contributed by atoms with E-state index in [1.165, 1.54) is 22.9 Å². The molecule has 0 saturated heterocycles. The first-order chi connectivity index (χ1) is 8.08. The maximum atomic E-state index is 11.2. The normalized spacial score (nSPS) is 10.2. The van der Waals surface area contributed by atoms with Crippen molar-refractivity contribution in [2.45, 2.75) is 0 Å². The van der Waals surface area contributed by atoms with Gasteiger partial charge in [-0.15, -0.1) is 0 Å². The van der Waals surface area contributed by atoms with Gasteiger partial charge in [-0.25, -0.2) is 9.48 Å². The van der Waals surface area contributed by atoms with E-state index in [2.05, 4.69) is 5.10 Å². The SMILES string of the molecule is Cn1nc(-c2cccc(C(=O)O)c2)ccc1=O. The van der Waals surface area contributed by atoms with Gasteiger partial charge in [-0.3, -0.25) is 4.79 Å². The Kier molecular flexibility index (Phi) is 2.74. The number of hydrogen-bond donors (Lipinski definition) is 1. The van der Waals surface area contributed by atoms with Gasteiger partial charge < -0.3 is 5.11 Å². The summed E-state index contributed by atoms with van der Waals surface area (Å²) in [4.78, 5) is 22.0. The molecule has 0 fully saturated rings. The first kappa shape index (κ1) is 11.1. The Morgan fingerprint density at radius 1 is 1.29 bits per heavy atom. The van der Waals surface area contributed by atoms with Crippen LogP contribution in [0.1, 0.15) is 10.4 Å². The third-order valence-electron chi connectivity index (χ3n) is 2.37. The third kappa shape index (κ3) is 2.23. The molecule has 17 heavy (non-hydrogen) atoms. The molecule has 5 nitrogen and oxygen atoms in total. The molecule has 0 aliphatic rings. The van der Waals surface area contributed by atoms with E-state index in [-0.39, 0.29) is 11.1 Å². The van der Waals surface area contributed by atoms with E-state index < -0.39 is 5.97 Å². The quantitative estimate of drug-likeness (QED) is 0.839. The molecule has 1 aromatic carbocycles. The first-order valence-corrected chi connectivity index (χ1v) is 4.96. The van der Waals surface area contributed by atoms with E-state index in [1.807, 2.05) is 0 Å². The van der Waals surface area contributed by atoms with Crippen molar-refractivity contribution in [3.63, 3.8) is 0 Å². The van der Waals surface area contributed by atoms with Gasteiger partial charge in [0.25, 0.3) is 5.56 Å². The molecule has 0 radical (unpaired) electrons. The van der Waals surface area contributed by atoms with Crippen molar-refractivity contribution < 1.29 is 9.90 Å². The molecule has 2 rings (SSSR count). The molecule has 1 N–H and O–H groups in total. The fraction of sp³-hybridized carbons (Fsp3) is 0.0833. The van der Waals surface area contributed by atoms with Crippen LogP contribution in [0.2, 0.25) is 0 Å². The van der Waals surface area contributed by atoms with E-state index in [0.29, 0.717) is 11.3 Å². The largest absolute Gasteiger partial charge is 0.478 e. The fourth-order valence-corrected chi connectivity index (χ4v) is 1.47. The van der Waals surface area contributed by atoms with Gasteiger partial charge in [-0.1, -0.05) is 12.1 Å². The number of carbonyl (C=O) groups is 1. The lowest BCUT2D eigenvalue weighted by Crippen LogP contribution is -2.18. The van der Waals surface area contributed by atoms with Crippen molar-refractivity contribution in [3.8, 4) is 11.3 Å². The van der Waals surface area contributed by atoms with Crippen LogP contribution in [0.5, 0.6) is 0 Å². The summed E-state index contributed by atoms with van der Waals surface area (Å²) in [5.41, 5.74) is 1.22. The van der Waals surface area contributed by atoms with Crippen LogP contribution < -0.4 is 5.56 Å². The predicted molar refractivity (Wildman–Crippen MR) is 61.9 cm³/mol. The van der Waals surface area contributed by atoms with Crippen molar-refractivity contribution >= 4 is 5.97 Å². The highest BCUT2D eigenvalue weighted by Gasteiger charge is 2.06. The minimum Gasteiger partial charge on any atom is -0.478 e. The lowest BCUT2D eigenvalue weighted by molar-refractivity contribution is 0.0697. The minimum atomic E-state index is -0.989. The molecular formula is C12H10N2O3. The lowest BCUT2D eigenvalue weighted by Gasteiger charge is -2.03. The standard InChI is InChI=1S/C12H10N2O3/c1-14-11(15)6-5-10(13-14)8-3-2-4-9(7-8)12(16)17/h2-7H,1H3,(H,16,17). The second kappa shape index (κ2) is 4.21. The Morgan fingerprint density at radius 2 is 2.06 bits per heavy atom. The number of aryl methyl sites for hydroxylation is 1. The van der Waals surface area contributed by atoms with Crippen molar-refractivity contribution in [1.82, 2.24) is 9.78 Å². The molecule has 0 aliphatic carbocycles. The van der Waals surface area contributed by atoms with E-state index in [1.54, 1.807) is 25.2 Å². The van der Waals surface area contributed by atoms with Gasteiger partial charge >= 0.3 is 5.97 Å². The average Bonchev–Trinajstić information content (AvgIpc) is 2.33. The second-order valence-corrected chi connectivity index (χ2v) is 3.57. The Labute approximate surface area is 97.0 Å². The van der Waals surface area contributed by atoms with Gasteiger partial charge in [0, 0.05) is 18.7 Å². The van der Waals surface area contributed by atoms with Crippen LogP contribution in [0, 0.1) is 0 Å². The summed E-state index contributed by atoms with van der Waals surface area (Å²) in [6.45, 7) is 0. The summed E-state index contributed by atoms with van der Waals surface area (Å²) in [7, 11) is 1.55. The Hall–Kier alpha value is -2.43. The molecule has 0 amide bonds. The highest BCUT2D eigenvalue weighted by atomic mass is 16.4. The number of benzene rings is 1. The summed E-state index contributed by atoms with van der Waals surface area (Å²) in [5.74, 6) is -0.989. The number of aromatic carboxylic acids is 1. The molecular weight excluding hydrogens is 220 g/mol. The number of aromatic nitrogens is 2. The molecule has 1 heterocycles. The molecule has 2 aromatic rings. The lowest BCUT2D eigenvalue weighted by atomic mass is 10.1. The highest BCUT2D eigenvalue weighted by Crippen LogP contribution is 2.16. The minimum absolute atomic E-state index is 0.193. The maximum absolute atomic E-state index is 11.2. The van der Waals surface area contributed by atoms with Crippen LogP contribution >= 0.6 is 0 Å². The smallest absolute Gasteiger partial charge is 0.335 e. The van der Waals surface area contributed by atoms with Gasteiger partial charge in [-0.2, -0.15) is 5.10 Å². The van der Waals surface area contributed by atoms with Crippen LogP contribution in [0.25, 0.3) is 11.3 Å². The summed E-state index contributed by atoms with van der Waals surface area (Å²) >= 11 is 0. The zero-order chi connectivity index (χ0) is 12.4. The number of rotatable bonds is 2. The molecule has 0 unspecified atom stereocenters. The van der Waals surface area contributed by atoms with Crippen LogP contribution in [-0.4, -0.2) is 20.9 Å². The van der Waals surface area contributed by atoms with Gasteiger partial charge in [0.2, 0.25) is 0 Å². The summed E-state index contributed by atoms with van der Waals surface area (Å²) in [6.07, 6.45) is 0. The monoisotopic (exact) mass is 230 g/mol. The van der Waals surface area contributed by atoms with E-state index in [0.717, 1.165) is 0 Å². The summed E-state index contributed by atoms with van der Waals surface area (Å²) < 4.78 is 1.21. The van der Waals surface area contributed by atoms with Gasteiger partial charge in [0.1, 0.15) is 0 Å². The van der Waals surface area contributed by atoms with Gasteiger partial charge in [0.05, 0.1) is 11.3 Å². The van der Waals surface area contributed by atoms with Crippen molar-refractivity contribution in [2.24, 2.45) is 7.05 Å². The fourth-order valence-electron chi connectivity index (χ4n) is 1.47. The molecule has 5 heteroatoms. The molecule has 0 aliphatic heterocycles. The van der Waals surface area contributed by atoms with Crippen LogP contribution in [-0.2, 0) is 7.05 Å². The average molecular weight is 230 g/mol. The molecule has 0 bridgehead atoms. The Balaban J connectivity index is 2.52. The van der Waals surface area contributed by atoms with Crippen LogP contribution in [0.4, 0.5) is 0 Å². The number of carboxylic acid groups (broad SMARTS) is 1. The Bertz CT molecular complexity index is 632. The predicted octanol–water partition coefficient (Wildman–Crippen LogP) is 1.15. The number of carboxylic acids is 1. The van der Waals surface area contributed by atoms with Crippen LogP contribution in [0.3, 0.4) is 0 Å². The van der Waals surface area contributed by atoms with E-state index >= 15 is 0 Å². The highest BCUT2D eigenvalue weighted by molar-refractivity contribution is 5.89. The zero-order valence-corrected chi connectivity index (χ0v) is 9.12. The molecule has 1 aromatic heterocycles. The van der Waals surface area contributed by atoms with Gasteiger partial charge in [0.15, 0.2) is 0 Å². The van der Waals surface area contributed by atoms with Gasteiger partial charge in [-0.05, 0) is 18.2 Å². The summed E-state index contributed by atoms with van der Waals surface area (Å²) in [6, 6.07) is 9.40. The van der Waals surface area contributed by atoms with Crippen molar-refractivity contribution in [1.29, 1.82) is 0 Å². The van der Waals surface area contributed by atoms with Crippen molar-refractivity contribution in [3.05, 3.63) is 52.3 Å². The molecule has 0 spiro atoms. The number of hydrogen-bond acceptors (Lipinski definition) is 3. The van der Waals surface area contributed by atoms with E-state index in [9.17, 15) is 9.59 Å². The summed E-state index contributed by atoms with van der Waals surface area (Å²) in [5, 5.41) is 12.9. The third-order valence-corrected chi connectivity index (χ3v) is 2.37. The zero-order valence-electron chi connectivity index (χ0n) is 9.12. The topological polar surface area (TPSA) is 72.2 Å². The Morgan fingerprint density at radius 3 is 2.71 bits per heavy atom. The molecule has 0 atom stereocenters. The second-order valence-electron chi connectivity index (χ2n) is 3.57.